The summed E-state index contributed by atoms with van der Waals surface area (Å²) in [6.07, 6.45) is 13.9. The van der Waals surface area contributed by atoms with E-state index >= 15 is 0 Å². The molecule has 3 atom stereocenters. The molecular formula is C25H34N4O3. The van der Waals surface area contributed by atoms with Gasteiger partial charge in [-0.3, -0.25) is 14.5 Å². The molecule has 1 aromatic carbocycles. The van der Waals surface area contributed by atoms with Crippen molar-refractivity contribution in [3.8, 4) is 0 Å². The van der Waals surface area contributed by atoms with Gasteiger partial charge in [-0.25, -0.2) is 4.98 Å². The van der Waals surface area contributed by atoms with Crippen LogP contribution < -0.4 is 10.9 Å². The third kappa shape index (κ3) is 4.15. The maximum absolute atomic E-state index is 13.4. The molecule has 0 radical (unpaired) electrons. The Balaban J connectivity index is 1.45. The molecule has 3 fully saturated rings. The lowest BCUT2D eigenvalue weighted by Gasteiger charge is -2.45. The number of fused-ring (bicyclic) bond motifs is 3. The van der Waals surface area contributed by atoms with Gasteiger partial charge in [0, 0.05) is 24.2 Å². The van der Waals surface area contributed by atoms with Crippen LogP contribution in [0.4, 0.5) is 5.82 Å². The number of piperidine rings is 1. The molecule has 1 aliphatic carbocycles. The maximum Gasteiger partial charge on any atom is 0.322 e. The Kier molecular flexibility index (Phi) is 6.17. The number of nitrogens with zero attached hydrogens (tertiary/aromatic N) is 3. The van der Waals surface area contributed by atoms with Crippen molar-refractivity contribution in [1.82, 2.24) is 14.5 Å². The molecule has 0 amide bonds. The van der Waals surface area contributed by atoms with Crippen LogP contribution in [0.2, 0.25) is 0 Å². The van der Waals surface area contributed by atoms with Gasteiger partial charge in [0.05, 0.1) is 11.0 Å². The van der Waals surface area contributed by atoms with Gasteiger partial charge in [0.1, 0.15) is 6.54 Å². The molecule has 2 aliphatic heterocycles. The first-order valence-electron chi connectivity index (χ1n) is 12.4. The highest BCUT2D eigenvalue weighted by Gasteiger charge is 2.44. The standard InChI is InChI=1S/C25H34N4O3/c30-23(31)16-26-24-25(32)29(22-11-7-6-10-21(22)27-24)20-14-18-12-13-19(15-20)28(18)17-8-4-2-1-3-5-9-17/h6-7,10-11,17-20H,1-5,8-9,12-16H2,(H,26,27)(H,30,31)/t18-,19+,20?. The van der Waals surface area contributed by atoms with Crippen molar-refractivity contribution < 1.29 is 9.90 Å². The van der Waals surface area contributed by atoms with Crippen molar-refractivity contribution in [2.24, 2.45) is 0 Å². The lowest BCUT2D eigenvalue weighted by molar-refractivity contribution is -0.134. The molecule has 3 aliphatic rings. The number of anilines is 1. The first kappa shape index (κ1) is 21.4. The number of aliphatic carboxylic acids is 1. The van der Waals surface area contributed by atoms with E-state index in [-0.39, 0.29) is 24.0 Å². The average molecular weight is 439 g/mol. The van der Waals surface area contributed by atoms with E-state index in [0.717, 1.165) is 23.9 Å². The molecule has 3 heterocycles. The number of benzene rings is 1. The minimum atomic E-state index is -1.00. The van der Waals surface area contributed by atoms with Crippen LogP contribution in [-0.2, 0) is 4.79 Å². The summed E-state index contributed by atoms with van der Waals surface area (Å²) in [5, 5.41) is 11.8. The van der Waals surface area contributed by atoms with Crippen molar-refractivity contribution in [1.29, 1.82) is 0 Å². The van der Waals surface area contributed by atoms with Gasteiger partial charge in [0.2, 0.25) is 0 Å². The van der Waals surface area contributed by atoms with E-state index in [2.05, 4.69) is 15.2 Å². The second-order valence-electron chi connectivity index (χ2n) is 9.83. The fourth-order valence-corrected chi connectivity index (χ4v) is 6.52. The molecule has 2 saturated heterocycles. The monoisotopic (exact) mass is 438 g/mol. The van der Waals surface area contributed by atoms with Gasteiger partial charge in [-0.2, -0.15) is 0 Å². The van der Waals surface area contributed by atoms with Gasteiger partial charge in [-0.05, 0) is 50.7 Å². The van der Waals surface area contributed by atoms with Crippen LogP contribution in [0.15, 0.2) is 29.1 Å². The highest BCUT2D eigenvalue weighted by atomic mass is 16.4. The zero-order chi connectivity index (χ0) is 22.1. The second kappa shape index (κ2) is 9.22. The summed E-state index contributed by atoms with van der Waals surface area (Å²) in [6.45, 7) is -0.314. The summed E-state index contributed by atoms with van der Waals surface area (Å²) >= 11 is 0. The number of carbonyl (C=O) groups is 1. The Hall–Kier alpha value is -2.41. The third-order valence-electron chi connectivity index (χ3n) is 7.83. The summed E-state index contributed by atoms with van der Waals surface area (Å²) < 4.78 is 1.91. The number of para-hydroxylation sites is 2. The largest absolute Gasteiger partial charge is 0.480 e. The molecule has 0 spiro atoms. The van der Waals surface area contributed by atoms with E-state index in [1.54, 1.807) is 0 Å². The van der Waals surface area contributed by atoms with E-state index < -0.39 is 5.97 Å². The molecule has 1 aromatic heterocycles. The smallest absolute Gasteiger partial charge is 0.322 e. The number of hydrogen-bond acceptors (Lipinski definition) is 5. The molecular weight excluding hydrogens is 404 g/mol. The summed E-state index contributed by atoms with van der Waals surface area (Å²) in [5.41, 5.74) is 1.38. The van der Waals surface area contributed by atoms with Crippen LogP contribution in [0, 0.1) is 0 Å². The summed E-state index contributed by atoms with van der Waals surface area (Å²) in [7, 11) is 0. The molecule has 172 valence electrons. The lowest BCUT2D eigenvalue weighted by atomic mass is 9.89. The molecule has 1 saturated carbocycles. The first-order chi connectivity index (χ1) is 15.6. The fourth-order valence-electron chi connectivity index (χ4n) is 6.52. The molecule has 7 nitrogen and oxygen atoms in total. The van der Waals surface area contributed by atoms with E-state index in [9.17, 15) is 9.59 Å². The zero-order valence-electron chi connectivity index (χ0n) is 18.7. The van der Waals surface area contributed by atoms with Gasteiger partial charge < -0.3 is 15.0 Å². The topological polar surface area (TPSA) is 87.5 Å². The lowest BCUT2D eigenvalue weighted by Crippen LogP contribution is -2.50. The van der Waals surface area contributed by atoms with Crippen molar-refractivity contribution >= 4 is 22.8 Å². The van der Waals surface area contributed by atoms with Crippen LogP contribution in [0.1, 0.15) is 76.7 Å². The summed E-state index contributed by atoms with van der Waals surface area (Å²) in [5.74, 6) is -0.864. The molecule has 5 rings (SSSR count). The van der Waals surface area contributed by atoms with Crippen LogP contribution >= 0.6 is 0 Å². The molecule has 32 heavy (non-hydrogen) atoms. The van der Waals surface area contributed by atoms with Crippen LogP contribution in [-0.4, -0.2) is 50.2 Å². The van der Waals surface area contributed by atoms with E-state index in [1.165, 1.54) is 57.8 Å². The fraction of sp³-hybridized carbons (Fsp3) is 0.640. The number of aromatic nitrogens is 2. The van der Waals surface area contributed by atoms with Crippen LogP contribution in [0.25, 0.3) is 11.0 Å². The predicted molar refractivity (Wildman–Crippen MR) is 125 cm³/mol. The van der Waals surface area contributed by atoms with Crippen molar-refractivity contribution in [3.63, 3.8) is 0 Å². The average Bonchev–Trinajstić information content (AvgIpc) is 3.01. The Morgan fingerprint density at radius 3 is 2.28 bits per heavy atom. The van der Waals surface area contributed by atoms with Gasteiger partial charge in [0.25, 0.3) is 5.56 Å². The van der Waals surface area contributed by atoms with E-state index in [1.807, 2.05) is 28.8 Å². The number of nitrogens with one attached hydrogen (secondary N) is 1. The highest BCUT2D eigenvalue weighted by Crippen LogP contribution is 2.44. The number of rotatable bonds is 5. The summed E-state index contributed by atoms with van der Waals surface area (Å²) in [4.78, 5) is 31.8. The van der Waals surface area contributed by atoms with Crippen LogP contribution in [0.5, 0.6) is 0 Å². The van der Waals surface area contributed by atoms with Gasteiger partial charge >= 0.3 is 5.97 Å². The normalized spacial score (nSPS) is 27.2. The van der Waals surface area contributed by atoms with Crippen molar-refractivity contribution in [2.45, 2.75) is 94.8 Å². The predicted octanol–water partition coefficient (Wildman–Crippen LogP) is 4.17. The van der Waals surface area contributed by atoms with E-state index in [0.29, 0.717) is 18.1 Å². The zero-order valence-corrected chi connectivity index (χ0v) is 18.7. The molecule has 2 bridgehead atoms. The van der Waals surface area contributed by atoms with Gasteiger partial charge in [-0.1, -0.05) is 44.2 Å². The Morgan fingerprint density at radius 2 is 1.59 bits per heavy atom. The van der Waals surface area contributed by atoms with Crippen molar-refractivity contribution in [2.75, 3.05) is 11.9 Å². The minimum Gasteiger partial charge on any atom is -0.480 e. The van der Waals surface area contributed by atoms with Crippen LogP contribution in [0.3, 0.4) is 0 Å². The van der Waals surface area contributed by atoms with Crippen molar-refractivity contribution in [3.05, 3.63) is 34.6 Å². The van der Waals surface area contributed by atoms with E-state index in [4.69, 9.17) is 5.11 Å². The number of carboxylic acids is 1. The molecule has 2 N–H and O–H groups in total. The SMILES string of the molecule is O=C(O)CNc1nc2ccccc2n(C2C[C@H]3CC[C@@H](C2)N3C2CCCCCCC2)c1=O. The van der Waals surface area contributed by atoms with Gasteiger partial charge in [-0.15, -0.1) is 0 Å². The first-order valence-corrected chi connectivity index (χ1v) is 12.4. The minimum absolute atomic E-state index is 0.128. The second-order valence-corrected chi connectivity index (χ2v) is 9.83. The Labute approximate surface area is 188 Å². The Morgan fingerprint density at radius 1 is 0.938 bits per heavy atom. The third-order valence-corrected chi connectivity index (χ3v) is 7.83. The maximum atomic E-state index is 13.4. The van der Waals surface area contributed by atoms with Gasteiger partial charge in [0.15, 0.2) is 5.82 Å². The summed E-state index contributed by atoms with van der Waals surface area (Å²) in [6, 6.07) is 9.63. The molecule has 7 heteroatoms. The molecule has 1 unspecified atom stereocenters. The number of carboxylic acid groups (broad SMARTS) is 1. The molecule has 2 aromatic rings. The number of hydrogen-bond donors (Lipinski definition) is 2. The highest BCUT2D eigenvalue weighted by molar-refractivity contribution is 5.77. The quantitative estimate of drug-likeness (QED) is 0.728. The Bertz CT molecular complexity index is 1010.